The van der Waals surface area contributed by atoms with Gasteiger partial charge < -0.3 is 29.1 Å². The Kier molecular flexibility index (Phi) is 9.62. The first-order chi connectivity index (χ1) is 18.4. The third-order valence-electron chi connectivity index (χ3n) is 7.36. The smallest absolute Gasteiger partial charge is 0.259 e. The molecule has 1 aromatic carbocycles. The molecule has 8 nitrogen and oxygen atoms in total. The van der Waals surface area contributed by atoms with Crippen molar-refractivity contribution in [2.45, 2.75) is 38.8 Å². The number of carbonyl (C=O) groups is 1. The molecule has 0 unspecified atom stereocenters. The van der Waals surface area contributed by atoms with E-state index in [1.54, 1.807) is 24.3 Å². The largest absolute Gasteiger partial charge is 0.497 e. The Balaban J connectivity index is 1.58. The second-order valence-electron chi connectivity index (χ2n) is 10.5. The van der Waals surface area contributed by atoms with E-state index in [-0.39, 0.29) is 30.6 Å². The van der Waals surface area contributed by atoms with Crippen LogP contribution in [-0.4, -0.2) is 91.6 Å². The summed E-state index contributed by atoms with van der Waals surface area (Å²) in [5.41, 5.74) is 1.82. The Morgan fingerprint density at radius 2 is 1.89 bits per heavy atom. The van der Waals surface area contributed by atoms with Crippen LogP contribution in [0, 0.1) is 23.7 Å². The van der Waals surface area contributed by atoms with E-state index in [0.717, 1.165) is 43.9 Å². The summed E-state index contributed by atoms with van der Waals surface area (Å²) in [7, 11) is 3.75. The second kappa shape index (κ2) is 13.1. The Morgan fingerprint density at radius 3 is 2.58 bits per heavy atom. The Labute approximate surface area is 225 Å². The van der Waals surface area contributed by atoms with Crippen molar-refractivity contribution >= 4 is 5.91 Å². The highest BCUT2D eigenvalue weighted by atomic mass is 16.5. The van der Waals surface area contributed by atoms with Crippen molar-refractivity contribution in [1.29, 1.82) is 0 Å². The van der Waals surface area contributed by atoms with Crippen molar-refractivity contribution in [3.8, 4) is 23.5 Å². The number of rotatable bonds is 7. The van der Waals surface area contributed by atoms with E-state index in [1.165, 1.54) is 0 Å². The topological polar surface area (TPSA) is 84.4 Å². The van der Waals surface area contributed by atoms with E-state index < -0.39 is 0 Å². The predicted octanol–water partition coefficient (Wildman–Crippen LogP) is 3.07. The average molecular weight is 522 g/mol. The molecule has 0 saturated carbocycles. The lowest BCUT2D eigenvalue weighted by atomic mass is 9.97. The molecule has 3 heterocycles. The van der Waals surface area contributed by atoms with Gasteiger partial charge in [0.15, 0.2) is 0 Å². The SMILES string of the molecule is COc1ccc(C#Cc2cnc3c(c2)C(=O)N([C@H](C)CO)C[C@H](C)[C@H](CN(C)CC2CCOCC2)O3)cc1. The van der Waals surface area contributed by atoms with Gasteiger partial charge in [-0.3, -0.25) is 4.79 Å². The molecule has 1 amide bonds. The molecule has 0 bridgehead atoms. The zero-order valence-corrected chi connectivity index (χ0v) is 22.9. The summed E-state index contributed by atoms with van der Waals surface area (Å²) in [6.07, 6.45) is 3.64. The maximum Gasteiger partial charge on any atom is 0.259 e. The number of ether oxygens (including phenoxy) is 3. The van der Waals surface area contributed by atoms with Crippen LogP contribution in [0.5, 0.6) is 11.6 Å². The minimum atomic E-state index is -0.328. The normalized spacial score (nSPS) is 21.0. The van der Waals surface area contributed by atoms with E-state index in [9.17, 15) is 9.90 Å². The molecule has 2 aliphatic heterocycles. The van der Waals surface area contributed by atoms with Gasteiger partial charge in [0.1, 0.15) is 17.4 Å². The summed E-state index contributed by atoms with van der Waals surface area (Å²) in [5.74, 6) is 7.77. The molecule has 4 rings (SSSR count). The van der Waals surface area contributed by atoms with Gasteiger partial charge in [-0.25, -0.2) is 4.98 Å². The van der Waals surface area contributed by atoms with Crippen molar-refractivity contribution in [2.24, 2.45) is 11.8 Å². The van der Waals surface area contributed by atoms with E-state index >= 15 is 0 Å². The van der Waals surface area contributed by atoms with Crippen LogP contribution in [0.15, 0.2) is 36.5 Å². The zero-order chi connectivity index (χ0) is 27.1. The number of likely N-dealkylation sites (N-methyl/N-ethyl adjacent to an activating group) is 1. The van der Waals surface area contributed by atoms with Gasteiger partial charge in [0.05, 0.1) is 19.8 Å². The van der Waals surface area contributed by atoms with E-state index in [1.807, 2.05) is 31.2 Å². The number of aromatic nitrogens is 1. The molecule has 0 aliphatic carbocycles. The molecule has 1 N–H and O–H groups in total. The van der Waals surface area contributed by atoms with Crippen LogP contribution in [-0.2, 0) is 4.74 Å². The van der Waals surface area contributed by atoms with Crippen LogP contribution in [0.3, 0.4) is 0 Å². The third-order valence-corrected chi connectivity index (χ3v) is 7.36. The second-order valence-corrected chi connectivity index (χ2v) is 10.5. The molecule has 2 aromatic rings. The van der Waals surface area contributed by atoms with Crippen LogP contribution in [0.1, 0.15) is 48.2 Å². The van der Waals surface area contributed by atoms with Gasteiger partial charge in [0.2, 0.25) is 5.88 Å². The van der Waals surface area contributed by atoms with Crippen LogP contribution in [0.25, 0.3) is 0 Å². The Bertz CT molecular complexity index is 1140. The average Bonchev–Trinajstić information content (AvgIpc) is 2.94. The van der Waals surface area contributed by atoms with Crippen molar-refractivity contribution in [3.05, 3.63) is 53.2 Å². The first-order valence-electron chi connectivity index (χ1n) is 13.4. The fourth-order valence-electron chi connectivity index (χ4n) is 4.96. The van der Waals surface area contributed by atoms with E-state index in [2.05, 4.69) is 35.7 Å². The quantitative estimate of drug-likeness (QED) is 0.561. The predicted molar refractivity (Wildman–Crippen MR) is 145 cm³/mol. The zero-order valence-electron chi connectivity index (χ0n) is 22.9. The summed E-state index contributed by atoms with van der Waals surface area (Å²) < 4.78 is 17.1. The number of fused-ring (bicyclic) bond motifs is 1. The first kappa shape index (κ1) is 27.9. The highest BCUT2D eigenvalue weighted by Gasteiger charge is 2.34. The molecular weight excluding hydrogens is 482 g/mol. The highest BCUT2D eigenvalue weighted by molar-refractivity contribution is 5.97. The fourth-order valence-corrected chi connectivity index (χ4v) is 4.96. The van der Waals surface area contributed by atoms with E-state index in [0.29, 0.717) is 36.0 Å². The number of amides is 1. The van der Waals surface area contributed by atoms with Crippen LogP contribution >= 0.6 is 0 Å². The lowest BCUT2D eigenvalue weighted by molar-refractivity contribution is 0.0254. The third kappa shape index (κ3) is 7.04. The molecule has 204 valence electrons. The lowest BCUT2D eigenvalue weighted by Crippen LogP contribution is -2.50. The number of methoxy groups -OCH3 is 1. The van der Waals surface area contributed by atoms with Gasteiger partial charge in [-0.1, -0.05) is 18.8 Å². The highest BCUT2D eigenvalue weighted by Crippen LogP contribution is 2.28. The molecule has 1 aromatic heterocycles. The van der Waals surface area contributed by atoms with Gasteiger partial charge >= 0.3 is 0 Å². The maximum absolute atomic E-state index is 13.6. The molecule has 0 spiro atoms. The van der Waals surface area contributed by atoms with Crippen molar-refractivity contribution in [1.82, 2.24) is 14.8 Å². The summed E-state index contributed by atoms with van der Waals surface area (Å²) in [6, 6.07) is 8.90. The molecule has 1 fully saturated rings. The molecular formula is C30H39N3O5. The van der Waals surface area contributed by atoms with Crippen molar-refractivity contribution in [2.75, 3.05) is 53.6 Å². The number of hydrogen-bond donors (Lipinski definition) is 1. The summed E-state index contributed by atoms with van der Waals surface area (Å²) >= 11 is 0. The summed E-state index contributed by atoms with van der Waals surface area (Å²) in [6.45, 7) is 7.67. The molecule has 3 atom stereocenters. The molecule has 8 heteroatoms. The van der Waals surface area contributed by atoms with Crippen LogP contribution in [0.4, 0.5) is 0 Å². The molecule has 2 aliphatic rings. The monoisotopic (exact) mass is 521 g/mol. The minimum absolute atomic E-state index is 0.0505. The summed E-state index contributed by atoms with van der Waals surface area (Å²) in [5, 5.41) is 9.91. The first-order valence-corrected chi connectivity index (χ1v) is 13.4. The molecule has 0 radical (unpaired) electrons. The van der Waals surface area contributed by atoms with Gasteiger partial charge in [0.25, 0.3) is 5.91 Å². The standard InChI is InChI=1S/C30H39N3O5/c1-21-17-33(22(2)20-34)30(35)27-15-25(6-5-23-7-9-26(36-4)10-8-23)16-31-29(27)38-28(21)19-32(3)18-24-11-13-37-14-12-24/h7-10,15-16,21-22,24,28,34H,11-14,17-20H2,1-4H3/t21-,22+,28-/m0/s1. The van der Waals surface area contributed by atoms with Crippen molar-refractivity contribution < 1.29 is 24.1 Å². The molecule has 1 saturated heterocycles. The van der Waals surface area contributed by atoms with Crippen LogP contribution in [0.2, 0.25) is 0 Å². The van der Waals surface area contributed by atoms with Crippen molar-refractivity contribution in [3.63, 3.8) is 0 Å². The van der Waals surface area contributed by atoms with E-state index in [4.69, 9.17) is 14.2 Å². The summed E-state index contributed by atoms with van der Waals surface area (Å²) in [4.78, 5) is 22.2. The van der Waals surface area contributed by atoms with Gasteiger partial charge in [-0.05, 0) is 63.1 Å². The lowest BCUT2D eigenvalue weighted by Gasteiger charge is -2.38. The fraction of sp³-hybridized carbons (Fsp3) is 0.533. The van der Waals surface area contributed by atoms with Gasteiger partial charge in [-0.2, -0.15) is 0 Å². The number of hydrogen-bond acceptors (Lipinski definition) is 7. The van der Waals surface area contributed by atoms with Crippen LogP contribution < -0.4 is 9.47 Å². The number of benzene rings is 1. The molecule has 38 heavy (non-hydrogen) atoms. The minimum Gasteiger partial charge on any atom is -0.497 e. The number of carbonyl (C=O) groups excluding carboxylic acids is 1. The number of pyridine rings is 1. The van der Waals surface area contributed by atoms with Gasteiger partial charge in [-0.15, -0.1) is 0 Å². The Hall–Kier alpha value is -3.12. The Morgan fingerprint density at radius 1 is 1.18 bits per heavy atom. The number of aliphatic hydroxyl groups excluding tert-OH is 1. The number of aliphatic hydroxyl groups is 1. The van der Waals surface area contributed by atoms with Gasteiger partial charge in [0, 0.05) is 56.1 Å². The number of nitrogens with zero attached hydrogens (tertiary/aromatic N) is 3. The maximum atomic E-state index is 13.6.